The Hall–Kier alpha value is -1.67. The summed E-state index contributed by atoms with van der Waals surface area (Å²) in [6.45, 7) is 8.00. The Morgan fingerprint density at radius 2 is 0.913 bits per heavy atom. The summed E-state index contributed by atoms with van der Waals surface area (Å²) in [7, 11) is 0. The first kappa shape index (κ1) is 29.4. The first-order valence-corrected chi connectivity index (χ1v) is 6.84. The van der Waals surface area contributed by atoms with E-state index in [1.165, 1.54) is 38.5 Å². The fraction of sp³-hybridized carbons (Fsp3) is 0.333. The molecule has 0 N–H and O–H groups in total. The molecule has 0 aliphatic heterocycles. The molecule has 0 saturated carbocycles. The number of carbonyl (C=O) groups is 4. The molecule has 23 heavy (non-hydrogen) atoms. The van der Waals surface area contributed by atoms with Gasteiger partial charge >= 0.3 is 0 Å². The minimum atomic E-state index is 0. The molecular formula is C18H26MoO4. The van der Waals surface area contributed by atoms with Crippen molar-refractivity contribution in [3.8, 4) is 0 Å². The molecule has 0 saturated heterocycles. The number of rotatable bonds is 1. The van der Waals surface area contributed by atoms with Gasteiger partial charge in [0.15, 0.2) is 0 Å². The second kappa shape index (κ2) is 28.5. The van der Waals surface area contributed by atoms with Gasteiger partial charge < -0.3 is 19.2 Å². The zero-order valence-electron chi connectivity index (χ0n) is 13.6. The van der Waals surface area contributed by atoms with Crippen molar-refractivity contribution < 1.29 is 40.2 Å². The standard InChI is InChI=1S/C14H18.4CH2O.Mo/c1-2-6-10-13(9-5-1)14-11-7-3-4-8-12-14;4*1-2;/h1,3,5,7,9,11H,2,4,6,8,10,12H2;4*1H2;. The van der Waals surface area contributed by atoms with E-state index in [9.17, 15) is 0 Å². The molecule has 128 valence electrons. The molecule has 0 amide bonds. The Bertz CT molecular complexity index is 333. The molecule has 0 aromatic rings. The van der Waals surface area contributed by atoms with Gasteiger partial charge in [0.2, 0.25) is 0 Å². The molecule has 0 heterocycles. The van der Waals surface area contributed by atoms with Crippen molar-refractivity contribution in [3.05, 3.63) is 47.6 Å². The molecule has 0 atom stereocenters. The Kier molecular flexibility index (Phi) is 36.4. The molecule has 0 spiro atoms. The zero-order valence-corrected chi connectivity index (χ0v) is 15.6. The maximum absolute atomic E-state index is 8.00. The predicted octanol–water partition coefficient (Wildman–Crippen LogP) is 3.58. The molecule has 4 nitrogen and oxygen atoms in total. The van der Waals surface area contributed by atoms with Crippen LogP contribution in [-0.2, 0) is 40.2 Å². The molecule has 0 fully saturated rings. The Labute approximate surface area is 153 Å². The molecule has 0 radical (unpaired) electrons. The summed E-state index contributed by atoms with van der Waals surface area (Å²) in [5, 5.41) is 0. The van der Waals surface area contributed by atoms with Gasteiger partial charge in [0.25, 0.3) is 0 Å². The predicted molar refractivity (Wildman–Crippen MR) is 90.6 cm³/mol. The third-order valence-corrected chi connectivity index (χ3v) is 2.91. The normalized spacial score (nSPS) is 14.3. The van der Waals surface area contributed by atoms with Crippen molar-refractivity contribution in [1.82, 2.24) is 0 Å². The molecule has 2 aliphatic carbocycles. The van der Waals surface area contributed by atoms with Crippen LogP contribution in [-0.4, -0.2) is 27.2 Å². The van der Waals surface area contributed by atoms with Gasteiger partial charge in [0.05, 0.1) is 0 Å². The van der Waals surface area contributed by atoms with Crippen LogP contribution in [0.25, 0.3) is 0 Å². The number of carbonyl (C=O) groups excluding carboxylic acids is 4. The smallest absolute Gasteiger partial charge is 0.106 e. The molecule has 2 rings (SSSR count). The molecule has 5 heteroatoms. The van der Waals surface area contributed by atoms with Gasteiger partial charge in [-0.1, -0.05) is 36.5 Å². The topological polar surface area (TPSA) is 68.3 Å². The first-order chi connectivity index (χ1) is 11.0. The summed E-state index contributed by atoms with van der Waals surface area (Å²) in [6, 6.07) is 0. The monoisotopic (exact) mass is 404 g/mol. The zero-order chi connectivity index (χ0) is 17.6. The van der Waals surface area contributed by atoms with E-state index in [-0.39, 0.29) is 21.1 Å². The molecule has 0 aromatic carbocycles. The van der Waals surface area contributed by atoms with Gasteiger partial charge in [0, 0.05) is 21.1 Å². The van der Waals surface area contributed by atoms with Gasteiger partial charge in [-0.25, -0.2) is 0 Å². The summed E-state index contributed by atoms with van der Waals surface area (Å²) < 4.78 is 0. The Morgan fingerprint density at radius 3 is 1.22 bits per heavy atom. The SMILES string of the molecule is C1=CCCCC(C2=CC=CCCC2)=C1.C=O.C=O.C=O.C=O.[Mo]. The maximum atomic E-state index is 8.00. The van der Waals surface area contributed by atoms with Crippen LogP contribution >= 0.6 is 0 Å². The van der Waals surface area contributed by atoms with Crippen LogP contribution in [0.15, 0.2) is 47.6 Å². The quantitative estimate of drug-likeness (QED) is 0.629. The van der Waals surface area contributed by atoms with E-state index in [0.29, 0.717) is 0 Å². The van der Waals surface area contributed by atoms with Crippen LogP contribution in [0.2, 0.25) is 0 Å². The van der Waals surface area contributed by atoms with Crippen molar-refractivity contribution >= 4 is 27.2 Å². The van der Waals surface area contributed by atoms with Gasteiger partial charge in [0.1, 0.15) is 27.2 Å². The van der Waals surface area contributed by atoms with E-state index in [4.69, 9.17) is 19.2 Å². The summed E-state index contributed by atoms with van der Waals surface area (Å²) >= 11 is 0. The Morgan fingerprint density at radius 1 is 0.609 bits per heavy atom. The summed E-state index contributed by atoms with van der Waals surface area (Å²) in [5.41, 5.74) is 3.12. The van der Waals surface area contributed by atoms with Crippen LogP contribution in [0.1, 0.15) is 38.5 Å². The fourth-order valence-electron chi connectivity index (χ4n) is 2.08. The average Bonchev–Trinajstić information content (AvgIpc) is 3.07. The molecular weight excluding hydrogens is 376 g/mol. The summed E-state index contributed by atoms with van der Waals surface area (Å²) in [5.74, 6) is 0. The molecule has 0 bridgehead atoms. The third kappa shape index (κ3) is 16.5. The second-order valence-electron chi connectivity index (χ2n) is 4.02. The van der Waals surface area contributed by atoms with E-state index >= 15 is 0 Å². The van der Waals surface area contributed by atoms with E-state index in [0.717, 1.165) is 0 Å². The second-order valence-corrected chi connectivity index (χ2v) is 4.02. The fourth-order valence-corrected chi connectivity index (χ4v) is 2.08. The van der Waals surface area contributed by atoms with E-state index in [2.05, 4.69) is 36.5 Å². The van der Waals surface area contributed by atoms with Crippen LogP contribution in [0.4, 0.5) is 0 Å². The molecule has 0 unspecified atom stereocenters. The van der Waals surface area contributed by atoms with E-state index in [1.807, 2.05) is 27.2 Å². The number of hydrogen-bond donors (Lipinski definition) is 0. The number of hydrogen-bond acceptors (Lipinski definition) is 4. The maximum Gasteiger partial charge on any atom is 0.106 e. The van der Waals surface area contributed by atoms with Crippen molar-refractivity contribution in [2.45, 2.75) is 38.5 Å². The largest absolute Gasteiger partial charge is 0.307 e. The van der Waals surface area contributed by atoms with Crippen molar-refractivity contribution in [2.24, 2.45) is 0 Å². The van der Waals surface area contributed by atoms with Gasteiger partial charge in [-0.3, -0.25) is 0 Å². The molecule has 2 aliphatic rings. The third-order valence-electron chi connectivity index (χ3n) is 2.91. The van der Waals surface area contributed by atoms with Crippen LogP contribution in [0.3, 0.4) is 0 Å². The van der Waals surface area contributed by atoms with E-state index < -0.39 is 0 Å². The van der Waals surface area contributed by atoms with Crippen molar-refractivity contribution in [1.29, 1.82) is 0 Å². The van der Waals surface area contributed by atoms with Gasteiger partial charge in [-0.2, -0.15) is 0 Å². The van der Waals surface area contributed by atoms with Crippen molar-refractivity contribution in [3.63, 3.8) is 0 Å². The average molecular weight is 402 g/mol. The molecule has 0 aromatic heterocycles. The van der Waals surface area contributed by atoms with Crippen molar-refractivity contribution in [2.75, 3.05) is 0 Å². The van der Waals surface area contributed by atoms with Crippen LogP contribution < -0.4 is 0 Å². The number of allylic oxidation sites excluding steroid dienone is 8. The summed E-state index contributed by atoms with van der Waals surface area (Å²) in [6.07, 6.45) is 21.2. The first-order valence-electron chi connectivity index (χ1n) is 6.84. The summed E-state index contributed by atoms with van der Waals surface area (Å²) in [4.78, 5) is 32.0. The van der Waals surface area contributed by atoms with Crippen LogP contribution in [0, 0.1) is 0 Å². The van der Waals surface area contributed by atoms with Gasteiger partial charge in [-0.05, 0) is 49.7 Å². The van der Waals surface area contributed by atoms with Gasteiger partial charge in [-0.15, -0.1) is 0 Å². The minimum Gasteiger partial charge on any atom is -0.307 e. The Balaban J connectivity index is -0.000000176. The van der Waals surface area contributed by atoms with E-state index in [1.54, 1.807) is 11.1 Å². The minimum absolute atomic E-state index is 0. The van der Waals surface area contributed by atoms with Crippen LogP contribution in [0.5, 0.6) is 0 Å².